The van der Waals surface area contributed by atoms with E-state index < -0.39 is 29.6 Å². The number of likely N-dealkylation sites (tertiary alicyclic amines) is 1. The molecule has 13 heteroatoms. The van der Waals surface area contributed by atoms with Gasteiger partial charge in [0, 0.05) is 25.3 Å². The van der Waals surface area contributed by atoms with Gasteiger partial charge in [0.25, 0.3) is 0 Å². The molecule has 2 unspecified atom stereocenters. The molecule has 1 aliphatic carbocycles. The maximum absolute atomic E-state index is 12.9. The molecule has 13 nitrogen and oxygen atoms in total. The van der Waals surface area contributed by atoms with Crippen molar-refractivity contribution in [3.63, 3.8) is 0 Å². The lowest BCUT2D eigenvalue weighted by atomic mass is 9.84. The second-order valence-corrected chi connectivity index (χ2v) is 9.62. The van der Waals surface area contributed by atoms with Gasteiger partial charge in [-0.3, -0.25) is 30.1 Å². The minimum absolute atomic E-state index is 0.0654. The minimum atomic E-state index is -2.55. The van der Waals surface area contributed by atoms with E-state index in [1.165, 1.54) is 4.90 Å². The van der Waals surface area contributed by atoms with Gasteiger partial charge in [-0.1, -0.05) is 19.3 Å². The van der Waals surface area contributed by atoms with Gasteiger partial charge >= 0.3 is 0 Å². The lowest BCUT2D eigenvalue weighted by Crippen LogP contribution is -2.81. The molecular weight excluding hydrogens is 432 g/mol. The number of carbonyl (C=O) groups is 3. The maximum atomic E-state index is 12.9. The first-order valence-electron chi connectivity index (χ1n) is 11.5. The summed E-state index contributed by atoms with van der Waals surface area (Å²) in [6, 6.07) is -2.76. The smallest absolute Gasteiger partial charge is 0.231 e. The Morgan fingerprint density at radius 3 is 2.42 bits per heavy atom. The number of imide groups is 1. The summed E-state index contributed by atoms with van der Waals surface area (Å²) >= 11 is 0. The van der Waals surface area contributed by atoms with Gasteiger partial charge in [-0.15, -0.1) is 0 Å². The van der Waals surface area contributed by atoms with E-state index in [0.717, 1.165) is 37.0 Å². The third-order valence-corrected chi connectivity index (χ3v) is 7.72. The van der Waals surface area contributed by atoms with Crippen LogP contribution in [0, 0.1) is 16.7 Å². The molecule has 1 spiro atoms. The first-order chi connectivity index (χ1) is 15.6. The molecule has 8 N–H and O–H groups in total. The molecule has 4 saturated heterocycles. The molecule has 0 radical (unpaired) electrons. The first-order valence-corrected chi connectivity index (χ1v) is 11.5. The monoisotopic (exact) mass is 462 g/mol. The third-order valence-electron chi connectivity index (χ3n) is 7.72. The second kappa shape index (κ2) is 7.55. The van der Waals surface area contributed by atoms with Crippen LogP contribution < -0.4 is 21.3 Å². The SMILES string of the molecule is N=C1NC2[C@H](CN3C(=O)CCC3=O)NC(=N)N3C[C@H](NC(=O)C4CCCCC4)C(O)(O)C23N1. The van der Waals surface area contributed by atoms with Crippen molar-refractivity contribution in [2.75, 3.05) is 13.1 Å². The summed E-state index contributed by atoms with van der Waals surface area (Å²) < 4.78 is 0. The lowest BCUT2D eigenvalue weighted by Gasteiger charge is -2.51. The number of hydrogen-bond acceptors (Lipinski definition) is 7. The molecule has 4 heterocycles. The minimum Gasteiger partial charge on any atom is -0.361 e. The standard InChI is InChI=1S/C20H30N8O5/c21-17-25-15-11(8-27-13(29)6-7-14(27)30)23-18(22)28-9-12(20(32,33)19(15,28)26-17)24-16(31)10-4-2-1-3-5-10/h10-12,15,32-33H,1-9H2,(H2,22,23)(H,24,31)(H3,21,25,26)/t11-,12-,15?,19?/m0/s1. The molecule has 4 aliphatic heterocycles. The number of aliphatic hydroxyl groups is 2. The van der Waals surface area contributed by atoms with E-state index in [4.69, 9.17) is 10.8 Å². The van der Waals surface area contributed by atoms with Gasteiger partial charge in [0.05, 0.1) is 18.6 Å². The molecule has 0 aromatic rings. The highest BCUT2D eigenvalue weighted by Crippen LogP contribution is 2.43. The fraction of sp³-hybridized carbons (Fsp3) is 0.750. The number of guanidine groups is 2. The fourth-order valence-corrected chi connectivity index (χ4v) is 6.01. The molecule has 5 aliphatic rings. The predicted octanol–water partition coefficient (Wildman–Crippen LogP) is -2.70. The second-order valence-electron chi connectivity index (χ2n) is 9.62. The average Bonchev–Trinajstić information content (AvgIpc) is 3.37. The van der Waals surface area contributed by atoms with Gasteiger partial charge in [-0.25, -0.2) is 0 Å². The molecule has 1 saturated carbocycles. The summed E-state index contributed by atoms with van der Waals surface area (Å²) in [5.74, 6) is -3.97. The molecular formula is C20H30N8O5. The van der Waals surface area contributed by atoms with Crippen LogP contribution in [-0.2, 0) is 14.4 Å². The number of amides is 3. The van der Waals surface area contributed by atoms with E-state index in [9.17, 15) is 24.6 Å². The number of nitrogens with one attached hydrogen (secondary N) is 6. The molecule has 5 fully saturated rings. The Kier molecular flexibility index (Phi) is 5.01. The summed E-state index contributed by atoms with van der Waals surface area (Å²) in [6.07, 6.45) is 4.73. The third kappa shape index (κ3) is 3.16. The highest BCUT2D eigenvalue weighted by atomic mass is 16.5. The maximum Gasteiger partial charge on any atom is 0.231 e. The molecule has 3 amide bonds. The van der Waals surface area contributed by atoms with Crippen molar-refractivity contribution in [1.82, 2.24) is 31.1 Å². The zero-order chi connectivity index (χ0) is 23.5. The van der Waals surface area contributed by atoms with Crippen molar-refractivity contribution in [1.29, 1.82) is 10.8 Å². The lowest BCUT2D eigenvalue weighted by molar-refractivity contribution is -0.233. The number of nitrogens with zero attached hydrogens (tertiary/aromatic N) is 2. The van der Waals surface area contributed by atoms with Crippen molar-refractivity contribution in [2.24, 2.45) is 5.92 Å². The first kappa shape index (κ1) is 21.9. The van der Waals surface area contributed by atoms with Crippen LogP contribution in [0.25, 0.3) is 0 Å². The Hall–Kier alpha value is -2.93. The Bertz CT molecular complexity index is 902. The molecule has 0 bridgehead atoms. The van der Waals surface area contributed by atoms with E-state index >= 15 is 0 Å². The highest BCUT2D eigenvalue weighted by molar-refractivity contribution is 6.02. The van der Waals surface area contributed by atoms with Crippen LogP contribution in [0.4, 0.5) is 0 Å². The van der Waals surface area contributed by atoms with Crippen molar-refractivity contribution in [3.05, 3.63) is 0 Å². The normalized spacial score (nSPS) is 35.6. The summed E-state index contributed by atoms with van der Waals surface area (Å²) in [5.41, 5.74) is -1.74. The van der Waals surface area contributed by atoms with E-state index in [-0.39, 0.29) is 61.5 Å². The number of hydrogen-bond donors (Lipinski definition) is 8. The topological polar surface area (TPSA) is 194 Å². The van der Waals surface area contributed by atoms with Crippen molar-refractivity contribution in [2.45, 2.75) is 74.5 Å². The van der Waals surface area contributed by atoms with Gasteiger partial charge in [0.15, 0.2) is 17.6 Å². The average molecular weight is 463 g/mol. The van der Waals surface area contributed by atoms with Gasteiger partial charge in [0.2, 0.25) is 23.5 Å². The van der Waals surface area contributed by atoms with E-state index in [1.54, 1.807) is 0 Å². The molecule has 0 aromatic carbocycles. The van der Waals surface area contributed by atoms with Crippen LogP contribution in [0.15, 0.2) is 0 Å². The van der Waals surface area contributed by atoms with Gasteiger partial charge < -0.3 is 36.4 Å². The summed E-state index contributed by atoms with van der Waals surface area (Å²) in [7, 11) is 0. The summed E-state index contributed by atoms with van der Waals surface area (Å²) in [5, 5.41) is 50.9. The van der Waals surface area contributed by atoms with Crippen LogP contribution in [0.1, 0.15) is 44.9 Å². The molecule has 180 valence electrons. The van der Waals surface area contributed by atoms with Crippen LogP contribution in [0.5, 0.6) is 0 Å². The van der Waals surface area contributed by atoms with Crippen LogP contribution in [0.3, 0.4) is 0 Å². The summed E-state index contributed by atoms with van der Waals surface area (Å²) in [6.45, 7) is -0.151. The molecule has 0 aromatic heterocycles. The van der Waals surface area contributed by atoms with Crippen LogP contribution in [-0.4, -0.2) is 92.3 Å². The zero-order valence-electron chi connectivity index (χ0n) is 18.2. The van der Waals surface area contributed by atoms with Crippen molar-refractivity contribution >= 4 is 29.6 Å². The van der Waals surface area contributed by atoms with E-state index in [1.807, 2.05) is 0 Å². The number of carbonyl (C=O) groups excluding carboxylic acids is 3. The van der Waals surface area contributed by atoms with Gasteiger partial charge in [-0.2, -0.15) is 0 Å². The molecule has 33 heavy (non-hydrogen) atoms. The Labute approximate surface area is 190 Å². The van der Waals surface area contributed by atoms with E-state index in [0.29, 0.717) is 0 Å². The number of rotatable bonds is 4. The van der Waals surface area contributed by atoms with E-state index in [2.05, 4.69) is 21.3 Å². The zero-order valence-corrected chi connectivity index (χ0v) is 18.2. The van der Waals surface area contributed by atoms with Crippen LogP contribution in [0.2, 0.25) is 0 Å². The van der Waals surface area contributed by atoms with Crippen molar-refractivity contribution < 1.29 is 24.6 Å². The Morgan fingerprint density at radius 2 is 1.76 bits per heavy atom. The Morgan fingerprint density at radius 1 is 1.09 bits per heavy atom. The fourth-order valence-electron chi connectivity index (χ4n) is 6.01. The van der Waals surface area contributed by atoms with Crippen molar-refractivity contribution in [3.8, 4) is 0 Å². The summed E-state index contributed by atoms with van der Waals surface area (Å²) in [4.78, 5) is 39.7. The van der Waals surface area contributed by atoms with Gasteiger partial charge in [0.1, 0.15) is 6.04 Å². The molecule has 5 rings (SSSR count). The Balaban J connectivity index is 1.43. The highest BCUT2D eigenvalue weighted by Gasteiger charge is 2.74. The molecule has 4 atom stereocenters. The van der Waals surface area contributed by atoms with Crippen LogP contribution >= 0.6 is 0 Å². The predicted molar refractivity (Wildman–Crippen MR) is 114 cm³/mol. The quantitative estimate of drug-likeness (QED) is 0.162. The van der Waals surface area contributed by atoms with Gasteiger partial charge in [-0.05, 0) is 12.8 Å². The largest absolute Gasteiger partial charge is 0.361 e.